The van der Waals surface area contributed by atoms with Gasteiger partial charge in [0.25, 0.3) is 10.0 Å². The van der Waals surface area contributed by atoms with Gasteiger partial charge in [-0.1, -0.05) is 12.2 Å². The van der Waals surface area contributed by atoms with E-state index in [1.165, 1.54) is 11.8 Å². The van der Waals surface area contributed by atoms with Gasteiger partial charge in [-0.3, -0.25) is 0 Å². The third-order valence-corrected chi connectivity index (χ3v) is 6.42. The Morgan fingerprint density at radius 2 is 1.94 bits per heavy atom. The molecule has 1 aliphatic heterocycles. The molecule has 1 rings (SSSR count). The Bertz CT molecular complexity index is 392. The van der Waals surface area contributed by atoms with Crippen LogP contribution in [-0.4, -0.2) is 47.6 Å². The molecule has 1 aliphatic rings. The maximum absolute atomic E-state index is 12.3. The first kappa shape index (κ1) is 15.1. The van der Waals surface area contributed by atoms with Crippen LogP contribution in [0.25, 0.3) is 0 Å². The lowest BCUT2D eigenvalue weighted by Crippen LogP contribution is -2.51. The molecule has 100 valence electrons. The summed E-state index contributed by atoms with van der Waals surface area (Å²) in [4.78, 5) is 0.305. The predicted octanol–water partition coefficient (Wildman–Crippen LogP) is 1.02. The Balaban J connectivity index is 2.78. The number of nitrogens with zero attached hydrogens (tertiary/aromatic N) is 1. The zero-order valence-electron chi connectivity index (χ0n) is 9.23. The minimum absolute atomic E-state index is 0.0326. The van der Waals surface area contributed by atoms with Crippen molar-refractivity contribution in [1.29, 1.82) is 0 Å². The number of nitrogens with two attached hydrogens (primary N) is 1. The fraction of sp³-hybridized carbons (Fsp3) is 0.875. The maximum Gasteiger partial charge on any atom is 0.350 e. The van der Waals surface area contributed by atoms with Crippen molar-refractivity contribution in [1.82, 2.24) is 4.31 Å². The van der Waals surface area contributed by atoms with E-state index in [-0.39, 0.29) is 13.1 Å². The van der Waals surface area contributed by atoms with Crippen molar-refractivity contribution in [2.45, 2.75) is 23.3 Å². The monoisotopic (exact) mass is 304 g/mol. The van der Waals surface area contributed by atoms with E-state index in [9.17, 15) is 17.2 Å². The minimum atomic E-state index is -4.48. The van der Waals surface area contributed by atoms with E-state index in [4.69, 9.17) is 18.0 Å². The number of piperidine rings is 1. The average Bonchev–Trinajstić information content (AvgIpc) is 2.28. The van der Waals surface area contributed by atoms with Crippen molar-refractivity contribution in [2.24, 2.45) is 5.73 Å². The maximum atomic E-state index is 12.3. The summed E-state index contributed by atoms with van der Waals surface area (Å²) >= 11 is 6.40. The van der Waals surface area contributed by atoms with Gasteiger partial charge in [0.05, 0.1) is 9.74 Å². The molecular weight excluding hydrogens is 290 g/mol. The molecule has 4 nitrogen and oxygen atoms in total. The molecule has 0 saturated carbocycles. The predicted molar refractivity (Wildman–Crippen MR) is 68.8 cm³/mol. The van der Waals surface area contributed by atoms with Crippen LogP contribution in [0.2, 0.25) is 0 Å². The zero-order valence-corrected chi connectivity index (χ0v) is 11.7. The average molecular weight is 304 g/mol. The van der Waals surface area contributed by atoms with Crippen LogP contribution in [0.1, 0.15) is 12.8 Å². The Labute approximate surface area is 109 Å². The molecular formula is C8H14F2N2O2S3. The molecule has 17 heavy (non-hydrogen) atoms. The summed E-state index contributed by atoms with van der Waals surface area (Å²) in [5.41, 5.74) is 5.62. The molecule has 0 bridgehead atoms. The zero-order chi connectivity index (χ0) is 13.3. The Hall–Kier alpha value is 0.01000. The van der Waals surface area contributed by atoms with Crippen molar-refractivity contribution in [3.63, 3.8) is 0 Å². The molecule has 1 fully saturated rings. The molecule has 1 heterocycles. The summed E-state index contributed by atoms with van der Waals surface area (Å²) in [5, 5.41) is 0. The Kier molecular flexibility index (Phi) is 4.73. The minimum Gasteiger partial charge on any atom is -0.392 e. The van der Waals surface area contributed by atoms with E-state index < -0.39 is 20.5 Å². The second-order valence-electron chi connectivity index (χ2n) is 3.77. The van der Waals surface area contributed by atoms with Crippen LogP contribution in [0.3, 0.4) is 0 Å². The van der Waals surface area contributed by atoms with E-state index in [1.54, 1.807) is 0 Å². The number of rotatable bonds is 4. The quantitative estimate of drug-likeness (QED) is 0.786. The van der Waals surface area contributed by atoms with Crippen LogP contribution >= 0.6 is 24.0 Å². The lowest BCUT2D eigenvalue weighted by atomic mass is 9.97. The first-order valence-electron chi connectivity index (χ1n) is 4.88. The van der Waals surface area contributed by atoms with Crippen molar-refractivity contribution in [2.75, 3.05) is 19.3 Å². The third-order valence-electron chi connectivity index (χ3n) is 2.95. The summed E-state index contributed by atoms with van der Waals surface area (Å²) in [5.74, 6) is -3.37. The summed E-state index contributed by atoms with van der Waals surface area (Å²) in [6.45, 7) is 0.0652. The van der Waals surface area contributed by atoms with Gasteiger partial charge in [0.1, 0.15) is 0 Å². The van der Waals surface area contributed by atoms with Crippen molar-refractivity contribution in [3.8, 4) is 0 Å². The summed E-state index contributed by atoms with van der Waals surface area (Å²) in [6.07, 6.45) is 2.57. The highest BCUT2D eigenvalue weighted by molar-refractivity contribution is 8.02. The van der Waals surface area contributed by atoms with Crippen LogP contribution in [0.15, 0.2) is 0 Å². The van der Waals surface area contributed by atoms with Gasteiger partial charge in [0.2, 0.25) is 0 Å². The fourth-order valence-corrected chi connectivity index (χ4v) is 3.93. The van der Waals surface area contributed by atoms with Gasteiger partial charge in [0, 0.05) is 13.1 Å². The fourth-order valence-electron chi connectivity index (χ4n) is 1.77. The van der Waals surface area contributed by atoms with Crippen LogP contribution in [0.4, 0.5) is 8.78 Å². The van der Waals surface area contributed by atoms with E-state index in [0.717, 1.165) is 4.31 Å². The molecule has 0 aliphatic carbocycles. The molecule has 0 aromatic heterocycles. The molecule has 0 atom stereocenters. The molecule has 0 unspecified atom stereocenters. The van der Waals surface area contributed by atoms with Gasteiger partial charge in [-0.2, -0.15) is 24.8 Å². The van der Waals surface area contributed by atoms with Gasteiger partial charge in [-0.05, 0) is 19.1 Å². The van der Waals surface area contributed by atoms with E-state index in [2.05, 4.69) is 0 Å². The normalized spacial score (nSPS) is 21.6. The molecule has 0 radical (unpaired) electrons. The van der Waals surface area contributed by atoms with Crippen molar-refractivity contribution < 1.29 is 17.2 Å². The molecule has 2 N–H and O–H groups in total. The molecule has 9 heteroatoms. The van der Waals surface area contributed by atoms with Gasteiger partial charge < -0.3 is 5.73 Å². The third kappa shape index (κ3) is 2.88. The van der Waals surface area contributed by atoms with Crippen LogP contribution in [0, 0.1) is 0 Å². The highest BCUT2D eigenvalue weighted by atomic mass is 32.2. The number of sulfonamides is 1. The van der Waals surface area contributed by atoms with Crippen molar-refractivity contribution >= 4 is 39.0 Å². The number of hydrogen-bond acceptors (Lipinski definition) is 4. The van der Waals surface area contributed by atoms with E-state index >= 15 is 0 Å². The van der Waals surface area contributed by atoms with Crippen LogP contribution in [0.5, 0.6) is 0 Å². The first-order valence-corrected chi connectivity index (χ1v) is 8.02. The summed E-state index contributed by atoms with van der Waals surface area (Å²) < 4.78 is 47.6. The van der Waals surface area contributed by atoms with E-state index in [0.29, 0.717) is 17.8 Å². The highest BCUT2D eigenvalue weighted by Crippen LogP contribution is 2.36. The lowest BCUT2D eigenvalue weighted by Gasteiger charge is -2.39. The summed E-state index contributed by atoms with van der Waals surface area (Å²) in [7, 11) is -4.48. The Morgan fingerprint density at radius 1 is 1.47 bits per heavy atom. The lowest BCUT2D eigenvalue weighted by molar-refractivity contribution is 0.212. The SMILES string of the molecule is CSC1(C(N)=S)CCN(S(=O)(=O)C(F)F)CC1. The largest absolute Gasteiger partial charge is 0.392 e. The van der Waals surface area contributed by atoms with Gasteiger partial charge in [0.15, 0.2) is 0 Å². The number of thiocarbonyl (C=S) groups is 1. The smallest absolute Gasteiger partial charge is 0.350 e. The topological polar surface area (TPSA) is 63.4 Å². The number of alkyl halides is 2. The van der Waals surface area contributed by atoms with Crippen molar-refractivity contribution in [3.05, 3.63) is 0 Å². The number of thioether (sulfide) groups is 1. The molecule has 0 spiro atoms. The number of halogens is 2. The second kappa shape index (κ2) is 5.33. The van der Waals surface area contributed by atoms with Gasteiger partial charge in [-0.25, -0.2) is 8.42 Å². The van der Waals surface area contributed by atoms with Crippen LogP contribution in [-0.2, 0) is 10.0 Å². The van der Waals surface area contributed by atoms with Gasteiger partial charge >= 0.3 is 5.76 Å². The standard InChI is InChI=1S/C8H14F2N2O2S3/c1-16-8(6(11)15)2-4-12(5-3-8)17(13,14)7(9)10/h7H,2-5H2,1H3,(H2,11,15). The Morgan fingerprint density at radius 3 is 2.24 bits per heavy atom. The highest BCUT2D eigenvalue weighted by Gasteiger charge is 2.42. The molecule has 1 saturated heterocycles. The molecule has 0 amide bonds. The summed E-state index contributed by atoms with van der Waals surface area (Å²) in [6, 6.07) is 0. The first-order chi connectivity index (χ1) is 7.76. The van der Waals surface area contributed by atoms with Crippen LogP contribution < -0.4 is 5.73 Å². The molecule has 0 aromatic carbocycles. The number of hydrogen-bond donors (Lipinski definition) is 1. The van der Waals surface area contributed by atoms with E-state index in [1.807, 2.05) is 6.26 Å². The van der Waals surface area contributed by atoms with Gasteiger partial charge in [-0.15, -0.1) is 0 Å². The molecule has 0 aromatic rings. The second-order valence-corrected chi connectivity index (χ2v) is 7.30.